The van der Waals surface area contributed by atoms with Crippen LogP contribution < -0.4 is 0 Å². The molecule has 64 valence electrons. The summed E-state index contributed by atoms with van der Waals surface area (Å²) in [6.45, 7) is 0. The molecule has 0 N–H and O–H groups in total. The van der Waals surface area contributed by atoms with Crippen LogP contribution in [0.25, 0.3) is 0 Å². The molecule has 2 heteroatoms. The molecule has 1 aliphatic carbocycles. The van der Waals surface area contributed by atoms with Crippen LogP contribution in [0.3, 0.4) is 0 Å². The highest BCUT2D eigenvalue weighted by atomic mass is 16.5. The molecule has 0 bridgehead atoms. The molecular weight excluding hydrogens is 150 g/mol. The zero-order valence-electron chi connectivity index (χ0n) is 7.29. The van der Waals surface area contributed by atoms with Gasteiger partial charge in [-0.05, 0) is 30.9 Å². The Balaban J connectivity index is 2.37. The van der Waals surface area contributed by atoms with Gasteiger partial charge < -0.3 is 4.74 Å². The highest BCUT2D eigenvalue weighted by Crippen LogP contribution is 2.29. The predicted molar refractivity (Wildman–Crippen MR) is 46.9 cm³/mol. The molecule has 2 nitrogen and oxygen atoms in total. The predicted octanol–water partition coefficient (Wildman–Crippen LogP) is 2.11. The van der Waals surface area contributed by atoms with Crippen molar-refractivity contribution in [3.63, 3.8) is 0 Å². The van der Waals surface area contributed by atoms with Gasteiger partial charge in [-0.15, -0.1) is 0 Å². The third-order valence-corrected chi connectivity index (χ3v) is 2.43. The number of fused-ring (bicyclic) bond motifs is 1. The van der Waals surface area contributed by atoms with E-state index in [-0.39, 0.29) is 6.10 Å². The number of hydrogen-bond acceptors (Lipinski definition) is 2. The standard InChI is InChI=1S/C10H13NO/c1-12-9-6-2-4-8-5-3-7-11-10(8)9/h3,5,7,9H,2,4,6H2,1H3. The van der Waals surface area contributed by atoms with Crippen LogP contribution in [0.1, 0.15) is 30.2 Å². The molecule has 0 saturated carbocycles. The first-order chi connectivity index (χ1) is 5.92. The van der Waals surface area contributed by atoms with Gasteiger partial charge in [-0.25, -0.2) is 0 Å². The lowest BCUT2D eigenvalue weighted by atomic mass is 9.94. The van der Waals surface area contributed by atoms with E-state index in [1.54, 1.807) is 7.11 Å². The second-order valence-corrected chi connectivity index (χ2v) is 3.16. The number of hydrogen-bond donors (Lipinski definition) is 0. The van der Waals surface area contributed by atoms with Crippen molar-refractivity contribution in [1.29, 1.82) is 0 Å². The van der Waals surface area contributed by atoms with E-state index in [0.29, 0.717) is 0 Å². The lowest BCUT2D eigenvalue weighted by molar-refractivity contribution is 0.0843. The summed E-state index contributed by atoms with van der Waals surface area (Å²) < 4.78 is 5.36. The largest absolute Gasteiger partial charge is 0.375 e. The summed E-state index contributed by atoms with van der Waals surface area (Å²) in [5, 5.41) is 0. The van der Waals surface area contributed by atoms with Crippen molar-refractivity contribution >= 4 is 0 Å². The average molecular weight is 163 g/mol. The summed E-state index contributed by atoms with van der Waals surface area (Å²) in [5.74, 6) is 0. The molecule has 1 atom stereocenters. The van der Waals surface area contributed by atoms with Crippen LogP contribution in [0.2, 0.25) is 0 Å². The molecule has 1 aromatic heterocycles. The van der Waals surface area contributed by atoms with Crippen molar-refractivity contribution in [2.75, 3.05) is 7.11 Å². The Labute approximate surface area is 72.6 Å². The van der Waals surface area contributed by atoms with Gasteiger partial charge in [0.2, 0.25) is 0 Å². The van der Waals surface area contributed by atoms with E-state index in [1.807, 2.05) is 12.3 Å². The summed E-state index contributed by atoms with van der Waals surface area (Å²) in [7, 11) is 1.76. The Morgan fingerprint density at radius 1 is 1.58 bits per heavy atom. The van der Waals surface area contributed by atoms with Crippen LogP contribution in [0, 0.1) is 0 Å². The molecule has 1 heterocycles. The molecule has 0 amide bonds. The molecule has 1 unspecified atom stereocenters. The number of nitrogens with zero attached hydrogens (tertiary/aromatic N) is 1. The van der Waals surface area contributed by atoms with Crippen molar-refractivity contribution in [3.05, 3.63) is 29.6 Å². The molecule has 12 heavy (non-hydrogen) atoms. The quantitative estimate of drug-likeness (QED) is 0.632. The van der Waals surface area contributed by atoms with Gasteiger partial charge in [-0.3, -0.25) is 4.98 Å². The molecule has 0 radical (unpaired) electrons. The molecule has 2 rings (SSSR count). The Bertz CT molecular complexity index is 272. The molecule has 1 aromatic rings. The van der Waals surface area contributed by atoms with Crippen LogP contribution in [0.5, 0.6) is 0 Å². The fourth-order valence-corrected chi connectivity index (χ4v) is 1.80. The topological polar surface area (TPSA) is 22.1 Å². The van der Waals surface area contributed by atoms with Crippen molar-refractivity contribution in [3.8, 4) is 0 Å². The smallest absolute Gasteiger partial charge is 0.0993 e. The van der Waals surface area contributed by atoms with Crippen molar-refractivity contribution in [1.82, 2.24) is 4.98 Å². The SMILES string of the molecule is COC1CCCc2cccnc21. The Morgan fingerprint density at radius 3 is 3.33 bits per heavy atom. The highest BCUT2D eigenvalue weighted by molar-refractivity contribution is 5.24. The Morgan fingerprint density at radius 2 is 2.50 bits per heavy atom. The fraction of sp³-hybridized carbons (Fsp3) is 0.500. The van der Waals surface area contributed by atoms with Gasteiger partial charge in [0.05, 0.1) is 11.8 Å². The number of aromatic nitrogens is 1. The number of rotatable bonds is 1. The molecular formula is C10H13NO. The zero-order valence-corrected chi connectivity index (χ0v) is 7.29. The third-order valence-electron chi connectivity index (χ3n) is 2.43. The third kappa shape index (κ3) is 1.23. The minimum absolute atomic E-state index is 0.231. The van der Waals surface area contributed by atoms with E-state index >= 15 is 0 Å². The van der Waals surface area contributed by atoms with E-state index in [1.165, 1.54) is 12.0 Å². The second kappa shape index (κ2) is 3.23. The lowest BCUT2D eigenvalue weighted by Gasteiger charge is -2.22. The second-order valence-electron chi connectivity index (χ2n) is 3.16. The monoisotopic (exact) mass is 163 g/mol. The van der Waals surface area contributed by atoms with Gasteiger partial charge in [0.15, 0.2) is 0 Å². The van der Waals surface area contributed by atoms with Crippen LogP contribution >= 0.6 is 0 Å². The maximum Gasteiger partial charge on any atom is 0.0993 e. The van der Waals surface area contributed by atoms with Gasteiger partial charge in [-0.1, -0.05) is 6.07 Å². The van der Waals surface area contributed by atoms with Crippen LogP contribution in [-0.4, -0.2) is 12.1 Å². The van der Waals surface area contributed by atoms with E-state index in [0.717, 1.165) is 18.5 Å². The summed E-state index contributed by atoms with van der Waals surface area (Å²) in [4.78, 5) is 4.35. The molecule has 0 fully saturated rings. The first-order valence-electron chi connectivity index (χ1n) is 4.38. The zero-order chi connectivity index (χ0) is 8.39. The number of methoxy groups -OCH3 is 1. The fourth-order valence-electron chi connectivity index (χ4n) is 1.80. The Kier molecular flexibility index (Phi) is 2.09. The van der Waals surface area contributed by atoms with Gasteiger partial charge in [-0.2, -0.15) is 0 Å². The highest BCUT2D eigenvalue weighted by Gasteiger charge is 2.19. The van der Waals surface area contributed by atoms with E-state index < -0.39 is 0 Å². The normalized spacial score (nSPS) is 21.9. The van der Waals surface area contributed by atoms with Crippen LogP contribution in [0.15, 0.2) is 18.3 Å². The number of ether oxygens (including phenoxy) is 1. The molecule has 0 saturated heterocycles. The maximum absolute atomic E-state index is 5.36. The minimum atomic E-state index is 0.231. The van der Waals surface area contributed by atoms with Gasteiger partial charge >= 0.3 is 0 Å². The summed E-state index contributed by atoms with van der Waals surface area (Å²) in [5.41, 5.74) is 2.50. The van der Waals surface area contributed by atoms with Crippen molar-refractivity contribution in [2.45, 2.75) is 25.4 Å². The van der Waals surface area contributed by atoms with Crippen LogP contribution in [0.4, 0.5) is 0 Å². The molecule has 0 aromatic carbocycles. The van der Waals surface area contributed by atoms with Gasteiger partial charge in [0, 0.05) is 13.3 Å². The summed E-state index contributed by atoms with van der Waals surface area (Å²) in [6.07, 6.45) is 5.56. The maximum atomic E-state index is 5.36. The minimum Gasteiger partial charge on any atom is -0.375 e. The molecule has 0 aliphatic heterocycles. The summed E-state index contributed by atoms with van der Waals surface area (Å²) >= 11 is 0. The van der Waals surface area contributed by atoms with Crippen molar-refractivity contribution < 1.29 is 4.74 Å². The summed E-state index contributed by atoms with van der Waals surface area (Å²) in [6, 6.07) is 4.14. The van der Waals surface area contributed by atoms with Crippen molar-refractivity contribution in [2.24, 2.45) is 0 Å². The number of aryl methyl sites for hydroxylation is 1. The van der Waals surface area contributed by atoms with Crippen LogP contribution in [-0.2, 0) is 11.2 Å². The Hall–Kier alpha value is -0.890. The van der Waals surface area contributed by atoms with E-state index in [9.17, 15) is 0 Å². The van der Waals surface area contributed by atoms with E-state index in [4.69, 9.17) is 4.74 Å². The number of pyridine rings is 1. The average Bonchev–Trinajstić information content (AvgIpc) is 2.17. The lowest BCUT2D eigenvalue weighted by Crippen LogP contribution is -2.12. The van der Waals surface area contributed by atoms with Gasteiger partial charge in [0.1, 0.15) is 0 Å². The molecule has 0 spiro atoms. The van der Waals surface area contributed by atoms with E-state index in [2.05, 4.69) is 11.1 Å². The van der Waals surface area contributed by atoms with Gasteiger partial charge in [0.25, 0.3) is 0 Å². The molecule has 1 aliphatic rings. The first-order valence-corrected chi connectivity index (χ1v) is 4.38. The first kappa shape index (κ1) is 7.74.